The second kappa shape index (κ2) is 3.19. The van der Waals surface area contributed by atoms with Crippen molar-refractivity contribution in [2.24, 2.45) is 5.41 Å². The summed E-state index contributed by atoms with van der Waals surface area (Å²) < 4.78 is 0. The van der Waals surface area contributed by atoms with Crippen molar-refractivity contribution >= 4 is 16.7 Å². The molecule has 0 radical (unpaired) electrons. The lowest BCUT2D eigenvalue weighted by Crippen LogP contribution is -2.19. The lowest BCUT2D eigenvalue weighted by atomic mass is 9.87. The molecule has 2 rings (SSSR count). The number of Topliss-reactive ketones (excluding diaryl/α,β-unsaturated/α-hetero) is 1. The maximum Gasteiger partial charge on any atom is 0.170 e. The average molecular weight is 202 g/mol. The van der Waals surface area contributed by atoms with E-state index >= 15 is 0 Å². The molecule has 0 bridgehead atoms. The second-order valence-corrected chi connectivity index (χ2v) is 4.70. The topological polar surface area (TPSA) is 45.8 Å². The summed E-state index contributed by atoms with van der Waals surface area (Å²) in [5.41, 5.74) is 1.33. The predicted octanol–water partition coefficient (Wildman–Crippen LogP) is 2.79. The summed E-state index contributed by atoms with van der Waals surface area (Å²) in [5.74, 6) is 0.141. The van der Waals surface area contributed by atoms with Crippen LogP contribution < -0.4 is 0 Å². The highest BCUT2D eigenvalue weighted by Gasteiger charge is 2.25. The van der Waals surface area contributed by atoms with E-state index in [2.05, 4.69) is 9.97 Å². The summed E-state index contributed by atoms with van der Waals surface area (Å²) in [5, 5.41) is 0.900. The Morgan fingerprint density at radius 3 is 2.80 bits per heavy atom. The number of H-pyrrole nitrogens is 1. The Balaban J connectivity index is 2.58. The SMILES string of the molecule is CC(C)(C)C(=O)c1c[nH]c2ccncc12. The summed E-state index contributed by atoms with van der Waals surface area (Å²) >= 11 is 0. The number of hydrogen-bond acceptors (Lipinski definition) is 2. The van der Waals surface area contributed by atoms with Gasteiger partial charge in [0.2, 0.25) is 0 Å². The predicted molar refractivity (Wildman–Crippen MR) is 59.9 cm³/mol. The summed E-state index contributed by atoms with van der Waals surface area (Å²) in [4.78, 5) is 19.2. The lowest BCUT2D eigenvalue weighted by molar-refractivity contribution is 0.0860. The highest BCUT2D eigenvalue weighted by Crippen LogP contribution is 2.25. The summed E-state index contributed by atoms with van der Waals surface area (Å²) in [6.45, 7) is 5.76. The Bertz CT molecular complexity index is 506. The molecule has 0 aromatic carbocycles. The monoisotopic (exact) mass is 202 g/mol. The molecular formula is C12H14N2O. The fraction of sp³-hybridized carbons (Fsp3) is 0.333. The zero-order chi connectivity index (χ0) is 11.1. The molecule has 1 N–H and O–H groups in total. The average Bonchev–Trinajstić information content (AvgIpc) is 2.58. The maximum absolute atomic E-state index is 12.1. The number of nitrogens with zero attached hydrogens (tertiary/aromatic N) is 1. The van der Waals surface area contributed by atoms with E-state index in [9.17, 15) is 4.79 Å². The van der Waals surface area contributed by atoms with Crippen molar-refractivity contribution < 1.29 is 4.79 Å². The van der Waals surface area contributed by atoms with Crippen LogP contribution in [0, 0.1) is 5.41 Å². The lowest BCUT2D eigenvalue weighted by Gasteiger charge is -2.15. The van der Waals surface area contributed by atoms with Crippen molar-refractivity contribution in [3.8, 4) is 0 Å². The standard InChI is InChI=1S/C12H14N2O/c1-12(2,3)11(15)9-7-14-10-4-5-13-6-8(9)10/h4-7,14H,1-3H3. The molecule has 0 saturated heterocycles. The molecule has 0 aliphatic rings. The van der Waals surface area contributed by atoms with Crippen LogP contribution in [0.3, 0.4) is 0 Å². The zero-order valence-electron chi connectivity index (χ0n) is 9.16. The number of nitrogens with one attached hydrogen (secondary N) is 1. The number of carbonyl (C=O) groups is 1. The number of aromatic nitrogens is 2. The fourth-order valence-corrected chi connectivity index (χ4v) is 1.55. The van der Waals surface area contributed by atoms with Crippen LogP contribution in [0.5, 0.6) is 0 Å². The molecule has 0 spiro atoms. The minimum atomic E-state index is -0.356. The van der Waals surface area contributed by atoms with Gasteiger partial charge in [-0.25, -0.2) is 0 Å². The smallest absolute Gasteiger partial charge is 0.170 e. The number of pyridine rings is 1. The maximum atomic E-state index is 12.1. The van der Waals surface area contributed by atoms with Crippen molar-refractivity contribution in [2.45, 2.75) is 20.8 Å². The molecular weight excluding hydrogens is 188 g/mol. The summed E-state index contributed by atoms with van der Waals surface area (Å²) in [6.07, 6.45) is 5.20. The molecule has 0 aliphatic carbocycles. The van der Waals surface area contributed by atoms with Crippen LogP contribution in [0.1, 0.15) is 31.1 Å². The van der Waals surface area contributed by atoms with E-state index in [4.69, 9.17) is 0 Å². The van der Waals surface area contributed by atoms with Gasteiger partial charge in [-0.15, -0.1) is 0 Å². The van der Waals surface area contributed by atoms with Crippen LogP contribution in [-0.4, -0.2) is 15.8 Å². The van der Waals surface area contributed by atoms with Gasteiger partial charge in [-0.2, -0.15) is 0 Å². The van der Waals surface area contributed by atoms with Crippen molar-refractivity contribution in [3.05, 3.63) is 30.2 Å². The van der Waals surface area contributed by atoms with Crippen molar-refractivity contribution in [1.29, 1.82) is 0 Å². The van der Waals surface area contributed by atoms with Gasteiger partial charge < -0.3 is 4.98 Å². The quantitative estimate of drug-likeness (QED) is 0.723. The molecule has 0 atom stereocenters. The Kier molecular flexibility index (Phi) is 2.11. The molecule has 2 aromatic heterocycles. The third-order valence-corrected chi connectivity index (χ3v) is 2.41. The van der Waals surface area contributed by atoms with Crippen LogP contribution in [0.4, 0.5) is 0 Å². The molecule has 3 nitrogen and oxygen atoms in total. The van der Waals surface area contributed by atoms with E-state index in [1.807, 2.05) is 26.8 Å². The molecule has 0 fully saturated rings. The van der Waals surface area contributed by atoms with Gasteiger partial charge in [-0.05, 0) is 6.07 Å². The summed E-state index contributed by atoms with van der Waals surface area (Å²) in [6, 6.07) is 1.87. The minimum absolute atomic E-state index is 0.141. The Hall–Kier alpha value is -1.64. The molecule has 15 heavy (non-hydrogen) atoms. The van der Waals surface area contributed by atoms with Gasteiger partial charge in [-0.1, -0.05) is 20.8 Å². The molecule has 0 saturated carbocycles. The Labute approximate surface area is 88.5 Å². The van der Waals surface area contributed by atoms with Gasteiger partial charge in [0, 0.05) is 40.5 Å². The number of hydrogen-bond donors (Lipinski definition) is 1. The van der Waals surface area contributed by atoms with Gasteiger partial charge in [0.1, 0.15) is 0 Å². The Morgan fingerprint density at radius 2 is 2.13 bits per heavy atom. The molecule has 2 aromatic rings. The third kappa shape index (κ3) is 1.65. The van der Waals surface area contributed by atoms with Gasteiger partial charge in [0.15, 0.2) is 5.78 Å². The first-order chi connectivity index (χ1) is 7.00. The first-order valence-corrected chi connectivity index (χ1v) is 4.96. The molecule has 0 aliphatic heterocycles. The number of ketones is 1. The van der Waals surface area contributed by atoms with Crippen molar-refractivity contribution in [2.75, 3.05) is 0 Å². The highest BCUT2D eigenvalue weighted by molar-refractivity contribution is 6.09. The Morgan fingerprint density at radius 1 is 1.40 bits per heavy atom. The van der Waals surface area contributed by atoms with E-state index in [-0.39, 0.29) is 11.2 Å². The molecule has 3 heteroatoms. The van der Waals surface area contributed by atoms with Crippen molar-refractivity contribution in [1.82, 2.24) is 9.97 Å². The molecule has 0 unspecified atom stereocenters. The van der Waals surface area contributed by atoms with E-state index in [0.29, 0.717) is 0 Å². The van der Waals surface area contributed by atoms with Crippen LogP contribution in [0.2, 0.25) is 0 Å². The highest BCUT2D eigenvalue weighted by atomic mass is 16.1. The van der Waals surface area contributed by atoms with E-state index in [0.717, 1.165) is 16.5 Å². The number of aromatic amines is 1. The van der Waals surface area contributed by atoms with E-state index in [1.165, 1.54) is 0 Å². The molecule has 2 heterocycles. The second-order valence-electron chi connectivity index (χ2n) is 4.70. The normalized spacial score (nSPS) is 11.9. The minimum Gasteiger partial charge on any atom is -0.360 e. The van der Waals surface area contributed by atoms with Crippen LogP contribution in [-0.2, 0) is 0 Å². The van der Waals surface area contributed by atoms with Gasteiger partial charge in [0.05, 0.1) is 0 Å². The first-order valence-electron chi connectivity index (χ1n) is 4.96. The van der Waals surface area contributed by atoms with Crippen molar-refractivity contribution in [3.63, 3.8) is 0 Å². The van der Waals surface area contributed by atoms with Gasteiger partial charge in [0.25, 0.3) is 0 Å². The number of carbonyl (C=O) groups excluding carboxylic acids is 1. The van der Waals surface area contributed by atoms with Crippen LogP contribution >= 0.6 is 0 Å². The number of fused-ring (bicyclic) bond motifs is 1. The largest absolute Gasteiger partial charge is 0.360 e. The first kappa shape index (κ1) is 9.90. The fourth-order valence-electron chi connectivity index (χ4n) is 1.55. The molecule has 0 amide bonds. The van der Waals surface area contributed by atoms with Gasteiger partial charge >= 0.3 is 0 Å². The third-order valence-electron chi connectivity index (χ3n) is 2.41. The molecule has 78 valence electrons. The summed E-state index contributed by atoms with van der Waals surface area (Å²) in [7, 11) is 0. The van der Waals surface area contributed by atoms with E-state index < -0.39 is 0 Å². The number of rotatable bonds is 1. The zero-order valence-corrected chi connectivity index (χ0v) is 9.16. The van der Waals surface area contributed by atoms with Crippen LogP contribution in [0.25, 0.3) is 10.9 Å². The van der Waals surface area contributed by atoms with Gasteiger partial charge in [-0.3, -0.25) is 9.78 Å². The van der Waals surface area contributed by atoms with Crippen LogP contribution in [0.15, 0.2) is 24.7 Å². The van der Waals surface area contributed by atoms with E-state index in [1.54, 1.807) is 18.6 Å².